The molecule has 2 rings (SSSR count). The summed E-state index contributed by atoms with van der Waals surface area (Å²) in [5.74, 6) is -1.13. The molecule has 98 valence electrons. The van der Waals surface area contributed by atoms with Crippen molar-refractivity contribution in [3.63, 3.8) is 0 Å². The minimum atomic E-state index is -0.994. The van der Waals surface area contributed by atoms with Crippen molar-refractivity contribution in [3.05, 3.63) is 17.9 Å². The van der Waals surface area contributed by atoms with Gasteiger partial charge in [0.1, 0.15) is 6.04 Å². The number of aliphatic carboxylic acids is 1. The number of amides is 1. The van der Waals surface area contributed by atoms with E-state index in [1.807, 2.05) is 6.26 Å². The van der Waals surface area contributed by atoms with Crippen LogP contribution in [0.5, 0.6) is 0 Å². The van der Waals surface area contributed by atoms with Crippen LogP contribution in [0.4, 0.5) is 0 Å². The molecule has 1 amide bonds. The minimum absolute atomic E-state index is 0.0337. The lowest BCUT2D eigenvalue weighted by molar-refractivity contribution is -0.141. The van der Waals surface area contributed by atoms with Gasteiger partial charge in [-0.25, -0.2) is 4.79 Å². The van der Waals surface area contributed by atoms with Gasteiger partial charge < -0.3 is 14.4 Å². The Bertz CT molecular complexity index is 466. The minimum Gasteiger partial charge on any atom is -0.480 e. The standard InChI is InChI=1S/C12H15NO4S/c1-7(12(15)16)13(8-3-4-8)11(14)9-5-6-10(17-9)18-2/h5-8H,3-4H2,1-2H3,(H,15,16). The fraction of sp³-hybridized carbons (Fsp3) is 0.500. The van der Waals surface area contributed by atoms with E-state index < -0.39 is 12.0 Å². The first kappa shape index (κ1) is 13.0. The first-order valence-corrected chi connectivity index (χ1v) is 6.96. The normalized spacial score (nSPS) is 16.3. The lowest BCUT2D eigenvalue weighted by Crippen LogP contribution is -2.44. The molecule has 18 heavy (non-hydrogen) atoms. The van der Waals surface area contributed by atoms with Crippen molar-refractivity contribution in [3.8, 4) is 0 Å². The van der Waals surface area contributed by atoms with Gasteiger partial charge in [0.15, 0.2) is 10.9 Å². The summed E-state index contributed by atoms with van der Waals surface area (Å²) in [6, 6.07) is 2.52. The number of carbonyl (C=O) groups is 2. The first-order chi connectivity index (χ1) is 8.54. The molecule has 0 radical (unpaired) electrons. The zero-order valence-electron chi connectivity index (χ0n) is 10.3. The van der Waals surface area contributed by atoms with E-state index in [0.29, 0.717) is 5.09 Å². The van der Waals surface area contributed by atoms with Crippen LogP contribution in [-0.4, -0.2) is 40.2 Å². The van der Waals surface area contributed by atoms with Gasteiger partial charge in [0.05, 0.1) is 0 Å². The average molecular weight is 269 g/mol. The number of thioether (sulfide) groups is 1. The van der Waals surface area contributed by atoms with Crippen molar-refractivity contribution in [1.82, 2.24) is 4.90 Å². The van der Waals surface area contributed by atoms with E-state index in [9.17, 15) is 9.59 Å². The highest BCUT2D eigenvalue weighted by Gasteiger charge is 2.39. The summed E-state index contributed by atoms with van der Waals surface area (Å²) in [6.45, 7) is 1.52. The molecular formula is C12H15NO4S. The first-order valence-electron chi connectivity index (χ1n) is 5.74. The second kappa shape index (κ2) is 5.06. The Balaban J connectivity index is 2.20. The molecule has 1 atom stereocenters. The van der Waals surface area contributed by atoms with E-state index in [2.05, 4.69) is 0 Å². The highest BCUT2D eigenvalue weighted by atomic mass is 32.2. The molecule has 0 aromatic carbocycles. The lowest BCUT2D eigenvalue weighted by Gasteiger charge is -2.25. The average Bonchev–Trinajstić information content (AvgIpc) is 3.05. The van der Waals surface area contributed by atoms with E-state index >= 15 is 0 Å². The largest absolute Gasteiger partial charge is 0.480 e. The number of hydrogen-bond acceptors (Lipinski definition) is 4. The molecule has 5 nitrogen and oxygen atoms in total. The van der Waals surface area contributed by atoms with Crippen molar-refractivity contribution < 1.29 is 19.1 Å². The van der Waals surface area contributed by atoms with E-state index in [0.717, 1.165) is 12.8 Å². The molecule has 1 aromatic heterocycles. The third-order valence-corrected chi connectivity index (χ3v) is 3.56. The maximum Gasteiger partial charge on any atom is 0.326 e. The highest BCUT2D eigenvalue weighted by molar-refractivity contribution is 7.98. The Morgan fingerprint density at radius 3 is 2.61 bits per heavy atom. The Morgan fingerprint density at radius 1 is 1.50 bits per heavy atom. The molecule has 0 spiro atoms. The summed E-state index contributed by atoms with van der Waals surface area (Å²) in [6.07, 6.45) is 3.57. The van der Waals surface area contributed by atoms with Crippen LogP contribution in [0, 0.1) is 0 Å². The van der Waals surface area contributed by atoms with Gasteiger partial charge >= 0.3 is 5.97 Å². The van der Waals surface area contributed by atoms with Crippen LogP contribution in [0.2, 0.25) is 0 Å². The fourth-order valence-corrected chi connectivity index (χ4v) is 2.18. The van der Waals surface area contributed by atoms with Gasteiger partial charge in [-0.05, 0) is 38.2 Å². The maximum atomic E-state index is 12.3. The van der Waals surface area contributed by atoms with Crippen molar-refractivity contribution in [1.29, 1.82) is 0 Å². The SMILES string of the molecule is CSc1ccc(C(=O)N(C2CC2)C(C)C(=O)O)o1. The third kappa shape index (κ3) is 2.53. The summed E-state index contributed by atoms with van der Waals surface area (Å²) >= 11 is 1.40. The Kier molecular flexibility index (Phi) is 3.65. The molecule has 1 N–H and O–H groups in total. The third-order valence-electron chi connectivity index (χ3n) is 2.94. The van der Waals surface area contributed by atoms with Gasteiger partial charge in [-0.2, -0.15) is 0 Å². The number of carboxylic acids is 1. The molecular weight excluding hydrogens is 254 g/mol. The van der Waals surface area contributed by atoms with Gasteiger partial charge in [-0.3, -0.25) is 4.79 Å². The van der Waals surface area contributed by atoms with Crippen LogP contribution in [0.1, 0.15) is 30.3 Å². The molecule has 1 fully saturated rings. The van der Waals surface area contributed by atoms with Gasteiger partial charge in [0.2, 0.25) is 0 Å². The summed E-state index contributed by atoms with van der Waals surface area (Å²) in [4.78, 5) is 24.7. The Hall–Kier alpha value is -1.43. The zero-order valence-corrected chi connectivity index (χ0v) is 11.1. The molecule has 6 heteroatoms. The predicted octanol–water partition coefficient (Wildman–Crippen LogP) is 2.08. The summed E-state index contributed by atoms with van der Waals surface area (Å²) in [7, 11) is 0. The van der Waals surface area contributed by atoms with Crippen LogP contribution >= 0.6 is 11.8 Å². The molecule has 1 saturated carbocycles. The monoisotopic (exact) mass is 269 g/mol. The van der Waals surface area contributed by atoms with Crippen molar-refractivity contribution in [2.45, 2.75) is 36.9 Å². The number of rotatable bonds is 5. The molecule has 1 unspecified atom stereocenters. The maximum absolute atomic E-state index is 12.3. The molecule has 0 bridgehead atoms. The van der Waals surface area contributed by atoms with Crippen LogP contribution in [0.25, 0.3) is 0 Å². The smallest absolute Gasteiger partial charge is 0.326 e. The summed E-state index contributed by atoms with van der Waals surface area (Å²) < 4.78 is 5.36. The van der Waals surface area contributed by atoms with Gasteiger partial charge in [-0.15, -0.1) is 0 Å². The Morgan fingerprint density at radius 2 is 2.17 bits per heavy atom. The molecule has 1 heterocycles. The summed E-state index contributed by atoms with van der Waals surface area (Å²) in [5, 5.41) is 9.70. The van der Waals surface area contributed by atoms with Crippen LogP contribution in [-0.2, 0) is 4.79 Å². The number of carbonyl (C=O) groups excluding carboxylic acids is 1. The molecule has 1 aromatic rings. The van der Waals surface area contributed by atoms with Crippen LogP contribution < -0.4 is 0 Å². The molecule has 1 aliphatic rings. The second-order valence-corrected chi connectivity index (χ2v) is 5.09. The van der Waals surface area contributed by atoms with Crippen LogP contribution in [0.3, 0.4) is 0 Å². The molecule has 0 saturated heterocycles. The fourth-order valence-electron chi connectivity index (χ4n) is 1.80. The molecule has 1 aliphatic carbocycles. The van der Waals surface area contributed by atoms with E-state index in [1.54, 1.807) is 12.1 Å². The van der Waals surface area contributed by atoms with Crippen molar-refractivity contribution in [2.75, 3.05) is 6.26 Å². The van der Waals surface area contributed by atoms with Gasteiger partial charge in [-0.1, -0.05) is 11.8 Å². The number of carboxylic acid groups (broad SMARTS) is 1. The van der Waals surface area contributed by atoms with Crippen molar-refractivity contribution >= 4 is 23.6 Å². The van der Waals surface area contributed by atoms with E-state index in [4.69, 9.17) is 9.52 Å². The zero-order chi connectivity index (χ0) is 13.3. The summed E-state index contributed by atoms with van der Waals surface area (Å²) in [5.41, 5.74) is 0. The quantitative estimate of drug-likeness (QED) is 0.829. The predicted molar refractivity (Wildman–Crippen MR) is 66.8 cm³/mol. The number of hydrogen-bond donors (Lipinski definition) is 1. The molecule has 0 aliphatic heterocycles. The topological polar surface area (TPSA) is 70.8 Å². The van der Waals surface area contributed by atoms with Crippen LogP contribution in [0.15, 0.2) is 21.6 Å². The van der Waals surface area contributed by atoms with Crippen molar-refractivity contribution in [2.24, 2.45) is 0 Å². The van der Waals surface area contributed by atoms with Gasteiger partial charge in [0.25, 0.3) is 5.91 Å². The Labute approximate surface area is 109 Å². The van der Waals surface area contributed by atoms with E-state index in [-0.39, 0.29) is 17.7 Å². The number of furan rings is 1. The second-order valence-electron chi connectivity index (χ2n) is 4.28. The lowest BCUT2D eigenvalue weighted by atomic mass is 10.2. The van der Waals surface area contributed by atoms with E-state index in [1.165, 1.54) is 23.6 Å². The highest BCUT2D eigenvalue weighted by Crippen LogP contribution is 2.31. The van der Waals surface area contributed by atoms with Gasteiger partial charge in [0, 0.05) is 6.04 Å². The number of nitrogens with zero attached hydrogens (tertiary/aromatic N) is 1.